The summed E-state index contributed by atoms with van der Waals surface area (Å²) in [6.45, 7) is 4.04. The van der Waals surface area contributed by atoms with Crippen molar-refractivity contribution < 1.29 is 14.7 Å². The van der Waals surface area contributed by atoms with E-state index >= 15 is 0 Å². The third-order valence-electron chi connectivity index (χ3n) is 4.30. The molecule has 5 heteroatoms. The summed E-state index contributed by atoms with van der Waals surface area (Å²) in [4.78, 5) is 23.4. The zero-order valence-corrected chi connectivity index (χ0v) is 11.9. The summed E-state index contributed by atoms with van der Waals surface area (Å²) in [5, 5.41) is 12.2. The number of carboxylic acids is 1. The van der Waals surface area contributed by atoms with Crippen LogP contribution in [0.3, 0.4) is 0 Å². The molecular formula is C14H26N2O3. The van der Waals surface area contributed by atoms with Gasteiger partial charge in [0.15, 0.2) is 0 Å². The minimum Gasteiger partial charge on any atom is -0.480 e. The second-order valence-corrected chi connectivity index (χ2v) is 5.66. The van der Waals surface area contributed by atoms with E-state index < -0.39 is 11.5 Å². The minimum absolute atomic E-state index is 0.196. The second-order valence-electron chi connectivity index (χ2n) is 5.66. The van der Waals surface area contributed by atoms with Crippen LogP contribution in [-0.2, 0) is 9.59 Å². The van der Waals surface area contributed by atoms with E-state index in [1.54, 1.807) is 0 Å². The topological polar surface area (TPSA) is 92.4 Å². The molecule has 1 amide bonds. The molecule has 0 aromatic carbocycles. The van der Waals surface area contributed by atoms with Crippen molar-refractivity contribution in [2.45, 2.75) is 70.4 Å². The standard InChI is InChI=1S/C14H26N2O3/c1-3-10-5-7-14(8-6-10,13(18)19)16-12(17)9-11(15)4-2/h10-11H,3-9,15H2,1-2H3,(H,16,17)(H,18,19). The van der Waals surface area contributed by atoms with Crippen molar-refractivity contribution in [3.05, 3.63) is 0 Å². The van der Waals surface area contributed by atoms with Gasteiger partial charge in [-0.05, 0) is 38.0 Å². The number of carboxylic acid groups (broad SMARTS) is 1. The molecule has 0 aromatic heterocycles. The molecule has 0 aromatic rings. The lowest BCUT2D eigenvalue weighted by molar-refractivity contribution is -0.149. The van der Waals surface area contributed by atoms with Gasteiger partial charge in [0, 0.05) is 12.5 Å². The van der Waals surface area contributed by atoms with Gasteiger partial charge in [-0.15, -0.1) is 0 Å². The minimum atomic E-state index is -1.07. The number of hydrogen-bond acceptors (Lipinski definition) is 3. The van der Waals surface area contributed by atoms with Gasteiger partial charge >= 0.3 is 5.97 Å². The Morgan fingerprint density at radius 2 is 1.95 bits per heavy atom. The fourth-order valence-corrected chi connectivity index (χ4v) is 2.67. The molecule has 1 atom stereocenters. The average molecular weight is 270 g/mol. The van der Waals surface area contributed by atoms with Gasteiger partial charge < -0.3 is 16.2 Å². The SMILES string of the molecule is CCC(N)CC(=O)NC1(C(=O)O)CCC(CC)CC1. The van der Waals surface area contributed by atoms with E-state index in [4.69, 9.17) is 5.73 Å². The number of carbonyl (C=O) groups excluding carboxylic acids is 1. The van der Waals surface area contributed by atoms with Gasteiger partial charge in [-0.3, -0.25) is 4.79 Å². The van der Waals surface area contributed by atoms with E-state index in [9.17, 15) is 14.7 Å². The van der Waals surface area contributed by atoms with Gasteiger partial charge in [0.05, 0.1) is 0 Å². The summed E-state index contributed by atoms with van der Waals surface area (Å²) in [5.74, 6) is -0.575. The van der Waals surface area contributed by atoms with Crippen LogP contribution in [0.1, 0.15) is 58.8 Å². The van der Waals surface area contributed by atoms with Crippen LogP contribution in [0.25, 0.3) is 0 Å². The number of nitrogens with two attached hydrogens (primary N) is 1. The highest BCUT2D eigenvalue weighted by atomic mass is 16.4. The van der Waals surface area contributed by atoms with Crippen LogP contribution >= 0.6 is 0 Å². The van der Waals surface area contributed by atoms with Gasteiger partial charge in [-0.1, -0.05) is 20.3 Å². The molecule has 0 spiro atoms. The van der Waals surface area contributed by atoms with E-state index in [0.29, 0.717) is 25.2 Å². The number of rotatable bonds is 6. The van der Waals surface area contributed by atoms with E-state index in [2.05, 4.69) is 12.2 Å². The summed E-state index contributed by atoms with van der Waals surface area (Å²) in [6.07, 6.45) is 4.76. The molecule has 5 nitrogen and oxygen atoms in total. The predicted molar refractivity (Wildman–Crippen MR) is 73.6 cm³/mol. The average Bonchev–Trinajstić information content (AvgIpc) is 2.39. The number of amides is 1. The van der Waals surface area contributed by atoms with E-state index in [1.165, 1.54) is 0 Å². The molecule has 4 N–H and O–H groups in total. The maximum Gasteiger partial charge on any atom is 0.329 e. The second kappa shape index (κ2) is 6.89. The van der Waals surface area contributed by atoms with Crippen molar-refractivity contribution in [2.24, 2.45) is 11.7 Å². The van der Waals surface area contributed by atoms with Crippen molar-refractivity contribution >= 4 is 11.9 Å². The molecule has 1 aliphatic rings. The van der Waals surface area contributed by atoms with Crippen LogP contribution in [0.4, 0.5) is 0 Å². The third kappa shape index (κ3) is 4.20. The highest BCUT2D eigenvalue weighted by Gasteiger charge is 2.42. The Hall–Kier alpha value is -1.10. The van der Waals surface area contributed by atoms with Crippen LogP contribution < -0.4 is 11.1 Å². The van der Waals surface area contributed by atoms with Crippen molar-refractivity contribution in [1.29, 1.82) is 0 Å². The molecule has 0 radical (unpaired) electrons. The summed E-state index contributed by atoms with van der Waals surface area (Å²) in [7, 11) is 0. The fourth-order valence-electron chi connectivity index (χ4n) is 2.67. The lowest BCUT2D eigenvalue weighted by Gasteiger charge is -2.37. The molecule has 1 saturated carbocycles. The van der Waals surface area contributed by atoms with Crippen molar-refractivity contribution in [1.82, 2.24) is 5.32 Å². The third-order valence-corrected chi connectivity index (χ3v) is 4.30. The first-order chi connectivity index (χ1) is 8.93. The maximum atomic E-state index is 11.9. The molecule has 0 heterocycles. The zero-order chi connectivity index (χ0) is 14.5. The first-order valence-corrected chi connectivity index (χ1v) is 7.23. The number of nitrogens with one attached hydrogen (secondary N) is 1. The normalized spacial score (nSPS) is 28.7. The molecular weight excluding hydrogens is 244 g/mol. The van der Waals surface area contributed by atoms with Gasteiger partial charge in [0.2, 0.25) is 5.91 Å². The van der Waals surface area contributed by atoms with Crippen LogP contribution in [0.5, 0.6) is 0 Å². The Labute approximate surface area is 114 Å². The Kier molecular flexibility index (Phi) is 5.79. The largest absolute Gasteiger partial charge is 0.480 e. The number of carbonyl (C=O) groups is 2. The first-order valence-electron chi connectivity index (χ1n) is 7.23. The predicted octanol–water partition coefficient (Wildman–Crippen LogP) is 1.65. The Morgan fingerprint density at radius 1 is 1.37 bits per heavy atom. The van der Waals surface area contributed by atoms with Crippen LogP contribution in [0.2, 0.25) is 0 Å². The number of hydrogen-bond donors (Lipinski definition) is 3. The van der Waals surface area contributed by atoms with Gasteiger partial charge in [-0.25, -0.2) is 4.79 Å². The Morgan fingerprint density at radius 3 is 2.37 bits per heavy atom. The molecule has 0 aliphatic heterocycles. The van der Waals surface area contributed by atoms with Crippen molar-refractivity contribution in [2.75, 3.05) is 0 Å². The molecule has 0 saturated heterocycles. The maximum absolute atomic E-state index is 11.9. The smallest absolute Gasteiger partial charge is 0.329 e. The lowest BCUT2D eigenvalue weighted by Crippen LogP contribution is -2.57. The van der Waals surface area contributed by atoms with E-state index in [-0.39, 0.29) is 18.4 Å². The fraction of sp³-hybridized carbons (Fsp3) is 0.857. The summed E-state index contributed by atoms with van der Waals surface area (Å²) >= 11 is 0. The highest BCUT2D eigenvalue weighted by Crippen LogP contribution is 2.34. The van der Waals surface area contributed by atoms with Crippen LogP contribution in [0, 0.1) is 5.92 Å². The summed E-state index contributed by atoms with van der Waals surface area (Å²) in [5.41, 5.74) is 4.66. The van der Waals surface area contributed by atoms with E-state index in [0.717, 1.165) is 19.3 Å². The summed E-state index contributed by atoms with van der Waals surface area (Å²) < 4.78 is 0. The Balaban J connectivity index is 2.63. The lowest BCUT2D eigenvalue weighted by atomic mass is 9.75. The van der Waals surface area contributed by atoms with Crippen LogP contribution in [-0.4, -0.2) is 28.6 Å². The molecule has 1 rings (SSSR count). The van der Waals surface area contributed by atoms with Crippen LogP contribution in [0.15, 0.2) is 0 Å². The first kappa shape index (κ1) is 16.0. The molecule has 0 bridgehead atoms. The molecule has 1 aliphatic carbocycles. The van der Waals surface area contributed by atoms with Gasteiger partial charge in [0.1, 0.15) is 5.54 Å². The number of aliphatic carboxylic acids is 1. The summed E-state index contributed by atoms with van der Waals surface area (Å²) in [6, 6.07) is -0.196. The molecule has 110 valence electrons. The zero-order valence-electron chi connectivity index (χ0n) is 11.9. The van der Waals surface area contributed by atoms with Gasteiger partial charge in [0.25, 0.3) is 0 Å². The quantitative estimate of drug-likeness (QED) is 0.684. The van der Waals surface area contributed by atoms with Crippen molar-refractivity contribution in [3.8, 4) is 0 Å². The van der Waals surface area contributed by atoms with Crippen molar-refractivity contribution in [3.63, 3.8) is 0 Å². The molecule has 19 heavy (non-hydrogen) atoms. The highest BCUT2D eigenvalue weighted by molar-refractivity contribution is 5.87. The van der Waals surface area contributed by atoms with Gasteiger partial charge in [-0.2, -0.15) is 0 Å². The monoisotopic (exact) mass is 270 g/mol. The molecule has 1 unspecified atom stereocenters. The van der Waals surface area contributed by atoms with E-state index in [1.807, 2.05) is 6.92 Å². The Bertz CT molecular complexity index is 323. The molecule has 1 fully saturated rings.